The van der Waals surface area contributed by atoms with Crippen LogP contribution in [0.1, 0.15) is 25.3 Å². The van der Waals surface area contributed by atoms with Gasteiger partial charge in [-0.15, -0.1) is 0 Å². The standard InChI is InChI=1S/C19H27N5O/c1-2-20-19(22-9-12-24-10-3-4-11-24)23-14-17-7-8-21-18(13-17)25-15-16-5-6-16/h3-4,7-8,10-11,13,16H,2,5-6,9,12,14-15H2,1H3,(H2,20,22,23). The Morgan fingerprint density at radius 1 is 1.32 bits per heavy atom. The Balaban J connectivity index is 1.50. The van der Waals surface area contributed by atoms with E-state index in [1.807, 2.05) is 24.3 Å². The first-order valence-electron chi connectivity index (χ1n) is 9.04. The molecule has 1 aliphatic rings. The molecule has 0 aliphatic heterocycles. The summed E-state index contributed by atoms with van der Waals surface area (Å²) in [6.07, 6.45) is 8.48. The van der Waals surface area contributed by atoms with Crippen molar-refractivity contribution >= 4 is 5.96 Å². The highest BCUT2D eigenvalue weighted by Gasteiger charge is 2.22. The van der Waals surface area contributed by atoms with E-state index in [0.29, 0.717) is 12.4 Å². The molecule has 0 radical (unpaired) electrons. The highest BCUT2D eigenvalue weighted by atomic mass is 16.5. The first kappa shape index (κ1) is 17.3. The summed E-state index contributed by atoms with van der Waals surface area (Å²) >= 11 is 0. The van der Waals surface area contributed by atoms with E-state index in [0.717, 1.165) is 43.7 Å². The number of guanidine groups is 1. The third-order valence-electron chi connectivity index (χ3n) is 4.06. The molecule has 3 rings (SSSR count). The lowest BCUT2D eigenvalue weighted by Gasteiger charge is -2.12. The van der Waals surface area contributed by atoms with Gasteiger partial charge in [-0.25, -0.2) is 9.98 Å². The third-order valence-corrected chi connectivity index (χ3v) is 4.06. The second-order valence-electron chi connectivity index (χ2n) is 6.30. The Bertz CT molecular complexity index is 664. The van der Waals surface area contributed by atoms with Gasteiger partial charge in [0.2, 0.25) is 5.88 Å². The van der Waals surface area contributed by atoms with Crippen molar-refractivity contribution in [2.24, 2.45) is 10.9 Å². The van der Waals surface area contributed by atoms with E-state index in [-0.39, 0.29) is 0 Å². The van der Waals surface area contributed by atoms with Crippen molar-refractivity contribution in [2.75, 3.05) is 19.7 Å². The van der Waals surface area contributed by atoms with Gasteiger partial charge in [-0.2, -0.15) is 0 Å². The summed E-state index contributed by atoms with van der Waals surface area (Å²) < 4.78 is 7.88. The molecule has 0 spiro atoms. The molecule has 2 aromatic heterocycles. The van der Waals surface area contributed by atoms with Crippen molar-refractivity contribution < 1.29 is 4.74 Å². The maximum atomic E-state index is 5.74. The molecule has 0 saturated heterocycles. The molecule has 6 heteroatoms. The summed E-state index contributed by atoms with van der Waals surface area (Å²) in [4.78, 5) is 8.93. The third kappa shape index (κ3) is 6.14. The van der Waals surface area contributed by atoms with Crippen LogP contribution in [0.5, 0.6) is 5.88 Å². The topological polar surface area (TPSA) is 63.5 Å². The Hall–Kier alpha value is -2.50. The van der Waals surface area contributed by atoms with Crippen LogP contribution in [0.15, 0.2) is 47.8 Å². The van der Waals surface area contributed by atoms with Gasteiger partial charge in [0.05, 0.1) is 13.2 Å². The zero-order valence-corrected chi connectivity index (χ0v) is 14.8. The van der Waals surface area contributed by atoms with Gasteiger partial charge >= 0.3 is 0 Å². The number of hydrogen-bond acceptors (Lipinski definition) is 3. The monoisotopic (exact) mass is 341 g/mol. The zero-order valence-electron chi connectivity index (χ0n) is 14.8. The van der Waals surface area contributed by atoms with Gasteiger partial charge in [-0.3, -0.25) is 0 Å². The molecule has 2 heterocycles. The minimum atomic E-state index is 0.598. The van der Waals surface area contributed by atoms with Crippen LogP contribution in [-0.4, -0.2) is 35.2 Å². The van der Waals surface area contributed by atoms with Crippen LogP contribution in [0.3, 0.4) is 0 Å². The molecule has 0 bridgehead atoms. The predicted octanol–water partition coefficient (Wildman–Crippen LogP) is 2.43. The van der Waals surface area contributed by atoms with Crippen molar-refractivity contribution in [1.82, 2.24) is 20.2 Å². The van der Waals surface area contributed by atoms with Gasteiger partial charge in [0.1, 0.15) is 0 Å². The van der Waals surface area contributed by atoms with Crippen molar-refractivity contribution in [1.29, 1.82) is 0 Å². The Morgan fingerprint density at radius 3 is 2.92 bits per heavy atom. The molecule has 0 amide bonds. The van der Waals surface area contributed by atoms with E-state index in [1.54, 1.807) is 6.20 Å². The number of nitrogens with one attached hydrogen (secondary N) is 2. The Morgan fingerprint density at radius 2 is 2.16 bits per heavy atom. The maximum absolute atomic E-state index is 5.74. The quantitative estimate of drug-likeness (QED) is 0.543. The molecule has 1 fully saturated rings. The van der Waals surface area contributed by atoms with Crippen LogP contribution in [0, 0.1) is 5.92 Å². The van der Waals surface area contributed by atoms with Crippen molar-refractivity contribution in [2.45, 2.75) is 32.9 Å². The smallest absolute Gasteiger partial charge is 0.213 e. The summed E-state index contributed by atoms with van der Waals surface area (Å²) in [5.74, 6) is 2.26. The maximum Gasteiger partial charge on any atom is 0.213 e. The number of hydrogen-bond donors (Lipinski definition) is 2. The zero-order chi connectivity index (χ0) is 17.3. The number of rotatable bonds is 9. The largest absolute Gasteiger partial charge is 0.477 e. The fourth-order valence-electron chi connectivity index (χ4n) is 2.45. The number of nitrogens with zero attached hydrogens (tertiary/aromatic N) is 3. The van der Waals surface area contributed by atoms with Gasteiger partial charge in [0, 0.05) is 44.3 Å². The van der Waals surface area contributed by atoms with Crippen molar-refractivity contribution in [3.63, 3.8) is 0 Å². The van der Waals surface area contributed by atoms with Gasteiger partial charge in [0.25, 0.3) is 0 Å². The van der Waals surface area contributed by atoms with Crippen LogP contribution in [-0.2, 0) is 13.1 Å². The van der Waals surface area contributed by atoms with Crippen LogP contribution in [0.2, 0.25) is 0 Å². The van der Waals surface area contributed by atoms with E-state index in [2.05, 4.69) is 44.5 Å². The lowest BCUT2D eigenvalue weighted by molar-refractivity contribution is 0.288. The Kier molecular flexibility index (Phi) is 6.31. The Labute approximate surface area is 149 Å². The van der Waals surface area contributed by atoms with Crippen molar-refractivity contribution in [3.05, 3.63) is 48.4 Å². The van der Waals surface area contributed by atoms with Crippen molar-refractivity contribution in [3.8, 4) is 5.88 Å². The molecule has 1 saturated carbocycles. The molecule has 1 aliphatic carbocycles. The SMILES string of the molecule is CCNC(=NCc1ccnc(OCC2CC2)c1)NCCn1cccc1. The van der Waals surface area contributed by atoms with Crippen LogP contribution < -0.4 is 15.4 Å². The minimum absolute atomic E-state index is 0.598. The molecule has 0 unspecified atom stereocenters. The first-order chi connectivity index (χ1) is 12.3. The minimum Gasteiger partial charge on any atom is -0.477 e. The first-order valence-corrected chi connectivity index (χ1v) is 9.04. The fourth-order valence-corrected chi connectivity index (χ4v) is 2.45. The molecule has 2 N–H and O–H groups in total. The number of ether oxygens (including phenoxy) is 1. The van der Waals surface area contributed by atoms with Gasteiger partial charge < -0.3 is 19.9 Å². The van der Waals surface area contributed by atoms with E-state index in [4.69, 9.17) is 4.74 Å². The van der Waals surface area contributed by atoms with Crippen LogP contribution in [0.4, 0.5) is 0 Å². The van der Waals surface area contributed by atoms with Gasteiger partial charge in [-0.05, 0) is 49.4 Å². The second kappa shape index (κ2) is 9.11. The molecule has 6 nitrogen and oxygen atoms in total. The molecular formula is C19H27N5O. The van der Waals surface area contributed by atoms with E-state index >= 15 is 0 Å². The van der Waals surface area contributed by atoms with Crippen LogP contribution in [0.25, 0.3) is 0 Å². The average Bonchev–Trinajstić information content (AvgIpc) is 3.32. The summed E-state index contributed by atoms with van der Waals surface area (Å²) in [6.45, 7) is 6.02. The molecular weight excluding hydrogens is 314 g/mol. The lowest BCUT2D eigenvalue weighted by atomic mass is 10.3. The molecule has 2 aromatic rings. The predicted molar refractivity (Wildman–Crippen MR) is 99.7 cm³/mol. The molecule has 0 atom stereocenters. The van der Waals surface area contributed by atoms with E-state index < -0.39 is 0 Å². The number of pyridine rings is 1. The van der Waals surface area contributed by atoms with E-state index in [1.165, 1.54) is 12.8 Å². The summed E-state index contributed by atoms with van der Waals surface area (Å²) in [5, 5.41) is 6.64. The molecule has 25 heavy (non-hydrogen) atoms. The second-order valence-corrected chi connectivity index (χ2v) is 6.30. The summed E-state index contributed by atoms with van der Waals surface area (Å²) in [6, 6.07) is 8.03. The van der Waals surface area contributed by atoms with E-state index in [9.17, 15) is 0 Å². The highest BCUT2D eigenvalue weighted by Crippen LogP contribution is 2.29. The van der Waals surface area contributed by atoms with Gasteiger partial charge in [-0.1, -0.05) is 0 Å². The normalized spacial score (nSPS) is 14.4. The average molecular weight is 341 g/mol. The van der Waals surface area contributed by atoms with Gasteiger partial charge in [0.15, 0.2) is 5.96 Å². The highest BCUT2D eigenvalue weighted by molar-refractivity contribution is 5.79. The van der Waals surface area contributed by atoms with Crippen LogP contribution >= 0.6 is 0 Å². The summed E-state index contributed by atoms with van der Waals surface area (Å²) in [5.41, 5.74) is 1.10. The summed E-state index contributed by atoms with van der Waals surface area (Å²) in [7, 11) is 0. The lowest BCUT2D eigenvalue weighted by Crippen LogP contribution is -2.38. The fraction of sp³-hybridized carbons (Fsp3) is 0.474. The number of aliphatic imine (C=N–C) groups is 1. The molecule has 0 aromatic carbocycles. The molecule has 134 valence electrons. The number of aromatic nitrogens is 2.